The predicted octanol–water partition coefficient (Wildman–Crippen LogP) is 5.61. The Labute approximate surface area is 207 Å². The van der Waals surface area contributed by atoms with Crippen molar-refractivity contribution in [3.63, 3.8) is 0 Å². The highest BCUT2D eigenvalue weighted by atomic mass is 79.9. The molecule has 1 heterocycles. The Morgan fingerprint density at radius 2 is 1.88 bits per heavy atom. The summed E-state index contributed by atoms with van der Waals surface area (Å²) in [7, 11) is 1.59. The van der Waals surface area contributed by atoms with Crippen LogP contribution in [0.4, 0.5) is 0 Å². The fourth-order valence-electron chi connectivity index (χ4n) is 3.95. The third-order valence-electron chi connectivity index (χ3n) is 5.87. The van der Waals surface area contributed by atoms with Crippen LogP contribution in [0.25, 0.3) is 10.9 Å². The largest absolute Gasteiger partial charge is 0.493 e. The summed E-state index contributed by atoms with van der Waals surface area (Å²) in [5, 5.41) is 14.0. The van der Waals surface area contributed by atoms with E-state index in [1.807, 2.05) is 60.8 Å². The van der Waals surface area contributed by atoms with E-state index >= 15 is 0 Å². The van der Waals surface area contributed by atoms with Crippen LogP contribution in [0.5, 0.6) is 11.5 Å². The fourth-order valence-corrected chi connectivity index (χ4v) is 4.55. The number of carbonyl (C=O) groups is 1. The smallest absolute Gasteiger partial charge is 0.321 e. The second-order valence-electron chi connectivity index (χ2n) is 8.16. The Morgan fingerprint density at radius 1 is 1.12 bits per heavy atom. The molecule has 0 aliphatic heterocycles. The molecule has 0 unspecified atom stereocenters. The maximum atomic E-state index is 11.9. The second kappa shape index (κ2) is 10.8. The van der Waals surface area contributed by atoms with Gasteiger partial charge < -0.3 is 24.9 Å². The summed E-state index contributed by atoms with van der Waals surface area (Å²) in [6.45, 7) is 2.84. The fraction of sp³-hybridized carbons (Fsp3) is 0.222. The van der Waals surface area contributed by atoms with Crippen molar-refractivity contribution in [3.05, 3.63) is 93.6 Å². The number of fused-ring (bicyclic) bond motifs is 1. The number of benzene rings is 3. The molecule has 0 bridgehead atoms. The molecule has 6 nitrogen and oxygen atoms in total. The average molecular weight is 523 g/mol. The van der Waals surface area contributed by atoms with Crippen molar-refractivity contribution in [2.24, 2.45) is 0 Å². The minimum absolute atomic E-state index is 0.367. The van der Waals surface area contributed by atoms with Gasteiger partial charge in [0, 0.05) is 30.1 Å². The van der Waals surface area contributed by atoms with E-state index in [-0.39, 0.29) is 0 Å². The van der Waals surface area contributed by atoms with Gasteiger partial charge in [-0.25, -0.2) is 0 Å². The summed E-state index contributed by atoms with van der Waals surface area (Å²) in [6, 6.07) is 19.0. The minimum atomic E-state index is -0.894. The number of aryl methyl sites for hydroxylation is 1. The van der Waals surface area contributed by atoms with Crippen LogP contribution in [0, 0.1) is 6.92 Å². The number of nitrogens with one attached hydrogen (secondary N) is 2. The Balaban J connectivity index is 1.46. The van der Waals surface area contributed by atoms with Crippen LogP contribution in [0.3, 0.4) is 0 Å². The highest BCUT2D eigenvalue weighted by molar-refractivity contribution is 9.10. The number of H-pyrrole nitrogens is 1. The molecule has 0 spiro atoms. The van der Waals surface area contributed by atoms with Crippen LogP contribution < -0.4 is 14.8 Å². The number of hydrogen-bond acceptors (Lipinski definition) is 4. The zero-order valence-electron chi connectivity index (χ0n) is 19.1. The first-order valence-corrected chi connectivity index (χ1v) is 11.8. The monoisotopic (exact) mass is 522 g/mol. The SMILES string of the molecule is COc1cc(CN[C@H](Cc2c[nH]c3ccccc23)C(=O)O)cc(Br)c1OCc1ccccc1C. The van der Waals surface area contributed by atoms with Gasteiger partial charge in [-0.05, 0) is 63.3 Å². The molecule has 0 saturated carbocycles. The first-order chi connectivity index (χ1) is 16.5. The van der Waals surface area contributed by atoms with Crippen LogP contribution in [-0.2, 0) is 24.4 Å². The summed E-state index contributed by atoms with van der Waals surface area (Å²) in [5.41, 5.74) is 5.11. The van der Waals surface area contributed by atoms with Gasteiger partial charge in [-0.2, -0.15) is 0 Å². The van der Waals surface area contributed by atoms with Gasteiger partial charge in [-0.15, -0.1) is 0 Å². The molecule has 1 aromatic heterocycles. The second-order valence-corrected chi connectivity index (χ2v) is 9.01. The van der Waals surface area contributed by atoms with E-state index in [0.717, 1.165) is 37.6 Å². The van der Waals surface area contributed by atoms with Gasteiger partial charge >= 0.3 is 5.97 Å². The topological polar surface area (TPSA) is 83.6 Å². The molecule has 4 aromatic rings. The van der Waals surface area contributed by atoms with Crippen molar-refractivity contribution in [1.82, 2.24) is 10.3 Å². The Kier molecular flexibility index (Phi) is 7.55. The molecular formula is C27H27BrN2O4. The number of hydrogen-bond donors (Lipinski definition) is 3. The number of aromatic nitrogens is 1. The summed E-state index contributed by atoms with van der Waals surface area (Å²) >= 11 is 3.59. The number of methoxy groups -OCH3 is 1. The summed E-state index contributed by atoms with van der Waals surface area (Å²) < 4.78 is 12.4. The molecule has 1 atom stereocenters. The predicted molar refractivity (Wildman–Crippen MR) is 136 cm³/mol. The Morgan fingerprint density at radius 3 is 2.65 bits per heavy atom. The number of rotatable bonds is 10. The number of carboxylic acid groups (broad SMARTS) is 1. The summed E-state index contributed by atoms with van der Waals surface area (Å²) in [6.07, 6.45) is 2.25. The third kappa shape index (κ3) is 5.43. The average Bonchev–Trinajstić information content (AvgIpc) is 3.24. The van der Waals surface area contributed by atoms with E-state index < -0.39 is 12.0 Å². The normalized spacial score (nSPS) is 12.0. The maximum absolute atomic E-state index is 11.9. The van der Waals surface area contributed by atoms with Gasteiger partial charge in [0.1, 0.15) is 12.6 Å². The van der Waals surface area contributed by atoms with E-state index in [9.17, 15) is 9.90 Å². The van der Waals surface area contributed by atoms with Crippen LogP contribution in [0.15, 0.2) is 71.3 Å². The molecular weight excluding hydrogens is 496 g/mol. The molecule has 34 heavy (non-hydrogen) atoms. The van der Waals surface area contributed by atoms with Gasteiger partial charge in [0.15, 0.2) is 11.5 Å². The van der Waals surface area contributed by atoms with E-state index in [1.54, 1.807) is 7.11 Å². The van der Waals surface area contributed by atoms with E-state index in [2.05, 4.69) is 39.2 Å². The maximum Gasteiger partial charge on any atom is 0.321 e. The third-order valence-corrected chi connectivity index (χ3v) is 6.46. The molecule has 0 fully saturated rings. The van der Waals surface area contributed by atoms with E-state index in [0.29, 0.717) is 31.1 Å². The first kappa shape index (κ1) is 23.9. The van der Waals surface area contributed by atoms with Crippen LogP contribution in [0.2, 0.25) is 0 Å². The van der Waals surface area contributed by atoms with Gasteiger partial charge in [0.2, 0.25) is 0 Å². The van der Waals surface area contributed by atoms with Crippen molar-refractivity contribution in [2.45, 2.75) is 32.5 Å². The van der Waals surface area contributed by atoms with Crippen LogP contribution in [-0.4, -0.2) is 29.2 Å². The van der Waals surface area contributed by atoms with Crippen LogP contribution >= 0.6 is 15.9 Å². The standard InChI is InChI=1S/C27H27BrN2O4/c1-17-7-3-4-8-19(17)16-34-26-22(28)11-18(12-25(26)33-2)14-29-24(27(31)32)13-20-15-30-23-10-6-5-9-21(20)23/h3-12,15,24,29-30H,13-14,16H2,1-2H3,(H,31,32)/t24-/m1/s1. The number of para-hydroxylation sites is 1. The molecule has 4 rings (SSSR count). The number of carboxylic acids is 1. The van der Waals surface area contributed by atoms with Gasteiger partial charge in [-0.1, -0.05) is 42.5 Å². The Hall–Kier alpha value is -3.29. The summed E-state index contributed by atoms with van der Waals surface area (Å²) in [4.78, 5) is 15.2. The molecule has 0 aliphatic carbocycles. The molecule has 0 saturated heterocycles. The molecule has 0 amide bonds. The molecule has 7 heteroatoms. The van der Waals surface area contributed by atoms with Crippen molar-refractivity contribution in [2.75, 3.05) is 7.11 Å². The zero-order valence-corrected chi connectivity index (χ0v) is 20.7. The molecule has 0 radical (unpaired) electrons. The first-order valence-electron chi connectivity index (χ1n) is 11.0. The lowest BCUT2D eigenvalue weighted by atomic mass is 10.0. The van der Waals surface area contributed by atoms with Gasteiger partial charge in [0.05, 0.1) is 11.6 Å². The van der Waals surface area contributed by atoms with Crippen molar-refractivity contribution < 1.29 is 19.4 Å². The Bertz CT molecular complexity index is 1300. The highest BCUT2D eigenvalue weighted by Gasteiger charge is 2.20. The van der Waals surface area contributed by atoms with Crippen molar-refractivity contribution >= 4 is 32.8 Å². The van der Waals surface area contributed by atoms with E-state index in [1.165, 1.54) is 0 Å². The lowest BCUT2D eigenvalue weighted by Gasteiger charge is -2.17. The van der Waals surface area contributed by atoms with Crippen LogP contribution in [0.1, 0.15) is 22.3 Å². The minimum Gasteiger partial charge on any atom is -0.493 e. The highest BCUT2D eigenvalue weighted by Crippen LogP contribution is 2.37. The molecule has 3 aromatic carbocycles. The van der Waals surface area contributed by atoms with Crippen molar-refractivity contribution in [1.29, 1.82) is 0 Å². The van der Waals surface area contributed by atoms with Gasteiger partial charge in [0.25, 0.3) is 0 Å². The zero-order chi connectivity index (χ0) is 24.1. The summed E-state index contributed by atoms with van der Waals surface area (Å²) in [5.74, 6) is 0.306. The number of ether oxygens (including phenoxy) is 2. The number of halogens is 1. The molecule has 176 valence electrons. The molecule has 3 N–H and O–H groups in total. The lowest BCUT2D eigenvalue weighted by molar-refractivity contribution is -0.139. The molecule has 0 aliphatic rings. The number of aromatic amines is 1. The van der Waals surface area contributed by atoms with E-state index in [4.69, 9.17) is 9.47 Å². The van der Waals surface area contributed by atoms with Crippen molar-refractivity contribution in [3.8, 4) is 11.5 Å². The van der Waals surface area contributed by atoms with Gasteiger partial charge in [-0.3, -0.25) is 4.79 Å². The lowest BCUT2D eigenvalue weighted by Crippen LogP contribution is -2.38. The number of aliphatic carboxylic acids is 1. The quantitative estimate of drug-likeness (QED) is 0.252.